The van der Waals surface area contributed by atoms with Crippen molar-refractivity contribution >= 4 is 5.97 Å². The van der Waals surface area contributed by atoms with Crippen molar-refractivity contribution in [3.8, 4) is 0 Å². The molecule has 21 heavy (non-hydrogen) atoms. The van der Waals surface area contributed by atoms with Crippen molar-refractivity contribution in [2.75, 3.05) is 6.61 Å². The first kappa shape index (κ1) is 19.2. The molecule has 0 fully saturated rings. The third-order valence-electron chi connectivity index (χ3n) is 2.92. The Bertz CT molecular complexity index is 388. The summed E-state index contributed by atoms with van der Waals surface area (Å²) >= 11 is 0. The lowest BCUT2D eigenvalue weighted by atomic mass is 10.0. The third kappa shape index (κ3) is 10.6. The van der Waals surface area contributed by atoms with Crippen molar-refractivity contribution < 1.29 is 9.53 Å². The number of carbonyl (C=O) groups is 1. The van der Waals surface area contributed by atoms with Crippen LogP contribution in [-0.4, -0.2) is 12.6 Å². The minimum atomic E-state index is -0.336. The maximum Gasteiger partial charge on any atom is 0.316 e. The zero-order valence-corrected chi connectivity index (χ0v) is 13.2. The summed E-state index contributed by atoms with van der Waals surface area (Å²) in [4.78, 5) is 12.0. The summed E-state index contributed by atoms with van der Waals surface area (Å²) < 4.78 is 5.30. The molecule has 0 saturated heterocycles. The number of carbonyl (C=O) groups excluding carboxylic acids is 1. The Morgan fingerprint density at radius 2 is 1.86 bits per heavy atom. The van der Waals surface area contributed by atoms with E-state index < -0.39 is 0 Å². The van der Waals surface area contributed by atoms with E-state index in [0.717, 1.165) is 37.7 Å². The molecule has 0 radical (unpaired) electrons. The summed E-state index contributed by atoms with van der Waals surface area (Å²) in [5, 5.41) is 0. The van der Waals surface area contributed by atoms with Gasteiger partial charge in [0, 0.05) is 0 Å². The van der Waals surface area contributed by atoms with E-state index in [4.69, 9.17) is 4.74 Å². The van der Waals surface area contributed by atoms with E-state index in [-0.39, 0.29) is 11.9 Å². The van der Waals surface area contributed by atoms with Gasteiger partial charge in [-0.25, -0.2) is 0 Å². The minimum absolute atomic E-state index is 0.213. The van der Waals surface area contributed by atoms with Gasteiger partial charge in [0.05, 0.1) is 12.5 Å². The average Bonchev–Trinajstić information content (AvgIpc) is 2.45. The van der Waals surface area contributed by atoms with Crippen LogP contribution in [0.1, 0.15) is 39.0 Å². The highest BCUT2D eigenvalue weighted by molar-refractivity contribution is 5.77. The first-order valence-corrected chi connectivity index (χ1v) is 7.50. The molecule has 0 aliphatic carbocycles. The fourth-order valence-corrected chi connectivity index (χ4v) is 1.71. The molecule has 0 aromatic rings. The first-order chi connectivity index (χ1) is 10.1. The largest absolute Gasteiger partial charge is 0.465 e. The number of allylic oxidation sites excluding steroid dienone is 5. The predicted molar refractivity (Wildman–Crippen MR) is 91.0 cm³/mol. The molecule has 0 spiro atoms. The summed E-state index contributed by atoms with van der Waals surface area (Å²) in [6.45, 7) is 13.5. The fourth-order valence-electron chi connectivity index (χ4n) is 1.71. The van der Waals surface area contributed by atoms with Crippen LogP contribution in [-0.2, 0) is 9.53 Å². The Kier molecular flexibility index (Phi) is 12.0. The van der Waals surface area contributed by atoms with Crippen LogP contribution in [0.5, 0.6) is 0 Å². The van der Waals surface area contributed by atoms with E-state index in [1.165, 1.54) is 0 Å². The zero-order chi connectivity index (χ0) is 15.9. The molecule has 0 amide bonds. The molecule has 0 aromatic heterocycles. The van der Waals surface area contributed by atoms with Gasteiger partial charge in [-0.1, -0.05) is 55.2 Å². The Morgan fingerprint density at radius 1 is 1.14 bits per heavy atom. The SMILES string of the molecule is C=CC=CCCCOC(=O)C(C=CCCCC=C)C(=C)C. The molecule has 0 N–H and O–H groups in total. The third-order valence-corrected chi connectivity index (χ3v) is 2.92. The number of ether oxygens (including phenoxy) is 1. The standard InChI is InChI=1S/C19H28O2/c1-5-7-9-11-13-15-18(17(3)4)19(20)21-16-14-12-10-8-6-2/h5-6,8,10,13,15,18H,1-3,7,9,11-12,14,16H2,4H3. The van der Waals surface area contributed by atoms with Crippen LogP contribution in [0, 0.1) is 5.92 Å². The van der Waals surface area contributed by atoms with Gasteiger partial charge in [-0.05, 0) is 39.0 Å². The van der Waals surface area contributed by atoms with Crippen LogP contribution >= 0.6 is 0 Å². The summed E-state index contributed by atoms with van der Waals surface area (Å²) in [7, 11) is 0. The van der Waals surface area contributed by atoms with E-state index in [2.05, 4.69) is 19.7 Å². The maximum absolute atomic E-state index is 12.0. The number of hydrogen-bond donors (Lipinski definition) is 0. The number of hydrogen-bond acceptors (Lipinski definition) is 2. The molecule has 0 aliphatic rings. The zero-order valence-electron chi connectivity index (χ0n) is 13.2. The second-order valence-electron chi connectivity index (χ2n) is 4.95. The van der Waals surface area contributed by atoms with Crippen LogP contribution in [0.2, 0.25) is 0 Å². The highest BCUT2D eigenvalue weighted by atomic mass is 16.5. The number of esters is 1. The second kappa shape index (κ2) is 13.2. The van der Waals surface area contributed by atoms with Gasteiger partial charge >= 0.3 is 5.97 Å². The summed E-state index contributed by atoms with van der Waals surface area (Å²) in [5.41, 5.74) is 0.812. The van der Waals surface area contributed by atoms with Crippen molar-refractivity contribution in [3.05, 3.63) is 61.8 Å². The molecule has 0 heterocycles. The van der Waals surface area contributed by atoms with Crippen molar-refractivity contribution in [2.45, 2.75) is 39.0 Å². The average molecular weight is 288 g/mol. The van der Waals surface area contributed by atoms with Gasteiger partial charge in [0.1, 0.15) is 0 Å². The summed E-state index contributed by atoms with van der Waals surface area (Å²) in [5.74, 6) is -0.549. The number of unbranched alkanes of at least 4 members (excludes halogenated alkanes) is 3. The van der Waals surface area contributed by atoms with Gasteiger partial charge in [-0.3, -0.25) is 4.79 Å². The molecule has 0 aromatic carbocycles. The topological polar surface area (TPSA) is 26.3 Å². The van der Waals surface area contributed by atoms with Gasteiger partial charge < -0.3 is 4.74 Å². The normalized spacial score (nSPS) is 12.4. The Balaban J connectivity index is 4.11. The Morgan fingerprint density at radius 3 is 2.48 bits per heavy atom. The van der Waals surface area contributed by atoms with Gasteiger partial charge in [0.2, 0.25) is 0 Å². The fraction of sp³-hybridized carbons (Fsp3) is 0.421. The quantitative estimate of drug-likeness (QED) is 0.215. The van der Waals surface area contributed by atoms with Crippen molar-refractivity contribution in [3.63, 3.8) is 0 Å². The van der Waals surface area contributed by atoms with E-state index in [9.17, 15) is 4.79 Å². The van der Waals surface area contributed by atoms with E-state index in [1.807, 2.05) is 37.3 Å². The minimum Gasteiger partial charge on any atom is -0.465 e. The summed E-state index contributed by atoms with van der Waals surface area (Å²) in [6.07, 6.45) is 16.1. The van der Waals surface area contributed by atoms with Gasteiger partial charge in [0.15, 0.2) is 0 Å². The molecular weight excluding hydrogens is 260 g/mol. The van der Waals surface area contributed by atoms with Crippen LogP contribution in [0.15, 0.2) is 61.8 Å². The van der Waals surface area contributed by atoms with Crippen LogP contribution in [0.3, 0.4) is 0 Å². The van der Waals surface area contributed by atoms with Gasteiger partial charge in [-0.2, -0.15) is 0 Å². The predicted octanol–water partition coefficient (Wildman–Crippen LogP) is 5.16. The lowest BCUT2D eigenvalue weighted by Crippen LogP contribution is -2.17. The Hall–Kier alpha value is -1.83. The molecule has 0 rings (SSSR count). The maximum atomic E-state index is 12.0. The van der Waals surface area contributed by atoms with Crippen LogP contribution in [0.4, 0.5) is 0 Å². The first-order valence-electron chi connectivity index (χ1n) is 7.50. The molecule has 0 bridgehead atoms. The molecule has 0 saturated carbocycles. The highest BCUT2D eigenvalue weighted by Gasteiger charge is 2.17. The number of rotatable bonds is 12. The molecule has 2 nitrogen and oxygen atoms in total. The van der Waals surface area contributed by atoms with E-state index in [0.29, 0.717) is 6.61 Å². The van der Waals surface area contributed by atoms with Gasteiger partial charge in [-0.15, -0.1) is 6.58 Å². The monoisotopic (exact) mass is 288 g/mol. The molecule has 1 unspecified atom stereocenters. The van der Waals surface area contributed by atoms with Crippen LogP contribution in [0.25, 0.3) is 0 Å². The smallest absolute Gasteiger partial charge is 0.316 e. The lowest BCUT2D eigenvalue weighted by Gasteiger charge is -2.12. The molecule has 116 valence electrons. The van der Waals surface area contributed by atoms with E-state index >= 15 is 0 Å². The van der Waals surface area contributed by atoms with Crippen molar-refractivity contribution in [1.29, 1.82) is 0 Å². The summed E-state index contributed by atoms with van der Waals surface area (Å²) in [6, 6.07) is 0. The highest BCUT2D eigenvalue weighted by Crippen LogP contribution is 2.14. The molecule has 2 heteroatoms. The van der Waals surface area contributed by atoms with Crippen molar-refractivity contribution in [1.82, 2.24) is 0 Å². The lowest BCUT2D eigenvalue weighted by molar-refractivity contribution is -0.145. The van der Waals surface area contributed by atoms with E-state index in [1.54, 1.807) is 6.08 Å². The Labute approximate surface area is 129 Å². The molecular formula is C19H28O2. The molecule has 1 atom stereocenters. The second-order valence-corrected chi connectivity index (χ2v) is 4.95. The van der Waals surface area contributed by atoms with Crippen molar-refractivity contribution in [2.24, 2.45) is 5.92 Å². The van der Waals surface area contributed by atoms with Gasteiger partial charge in [0.25, 0.3) is 0 Å². The molecule has 0 aliphatic heterocycles. The van der Waals surface area contributed by atoms with Crippen LogP contribution < -0.4 is 0 Å².